The maximum absolute atomic E-state index is 13.7. The Hall–Kier alpha value is -3.94. The summed E-state index contributed by atoms with van der Waals surface area (Å²) in [4.78, 5) is 43.6. The van der Waals surface area contributed by atoms with E-state index in [1.807, 2.05) is 51.1 Å². The number of aryl methyl sites for hydroxylation is 1. The summed E-state index contributed by atoms with van der Waals surface area (Å²) < 4.78 is 8.09. The predicted molar refractivity (Wildman–Crippen MR) is 129 cm³/mol. The Kier molecular flexibility index (Phi) is 5.76. The van der Waals surface area contributed by atoms with E-state index < -0.39 is 17.2 Å². The van der Waals surface area contributed by atoms with Gasteiger partial charge in [-0.1, -0.05) is 44.2 Å². The summed E-state index contributed by atoms with van der Waals surface area (Å²) in [6.45, 7) is 6.16. The van der Waals surface area contributed by atoms with Crippen LogP contribution in [-0.2, 0) is 14.1 Å². The molecule has 2 heterocycles. The largest absolute Gasteiger partial charge is 0.493 e. The molecule has 4 rings (SSSR count). The quantitative estimate of drug-likeness (QED) is 0.506. The highest BCUT2D eigenvalue weighted by Crippen LogP contribution is 2.32. The average molecular weight is 447 g/mol. The lowest BCUT2D eigenvalue weighted by molar-refractivity contribution is 0.102. The van der Waals surface area contributed by atoms with Crippen molar-refractivity contribution < 1.29 is 9.53 Å². The van der Waals surface area contributed by atoms with Crippen molar-refractivity contribution in [2.24, 2.45) is 14.1 Å². The first kappa shape index (κ1) is 22.3. The molecule has 0 radical (unpaired) electrons. The normalized spacial score (nSPS) is 11.3. The van der Waals surface area contributed by atoms with Crippen LogP contribution in [-0.4, -0.2) is 26.6 Å². The van der Waals surface area contributed by atoms with Gasteiger partial charge in [-0.3, -0.25) is 18.7 Å². The van der Waals surface area contributed by atoms with Gasteiger partial charge < -0.3 is 10.1 Å². The molecule has 8 nitrogen and oxygen atoms in total. The number of rotatable bonds is 5. The molecule has 8 heteroatoms. The Morgan fingerprint density at radius 2 is 1.82 bits per heavy atom. The van der Waals surface area contributed by atoms with Gasteiger partial charge in [0.2, 0.25) is 0 Å². The van der Waals surface area contributed by atoms with Gasteiger partial charge in [0.25, 0.3) is 11.5 Å². The molecule has 0 fully saturated rings. The lowest BCUT2D eigenvalue weighted by Crippen LogP contribution is -2.38. The van der Waals surface area contributed by atoms with E-state index >= 15 is 0 Å². The maximum Gasteiger partial charge on any atom is 0.332 e. The van der Waals surface area contributed by atoms with Gasteiger partial charge in [0, 0.05) is 20.3 Å². The molecule has 4 aromatic rings. The molecule has 0 unspecified atom stereocenters. The van der Waals surface area contributed by atoms with E-state index in [4.69, 9.17) is 4.74 Å². The third kappa shape index (κ3) is 3.67. The van der Waals surface area contributed by atoms with Gasteiger partial charge in [0.1, 0.15) is 11.1 Å². The van der Waals surface area contributed by atoms with Gasteiger partial charge >= 0.3 is 5.69 Å². The van der Waals surface area contributed by atoms with Crippen molar-refractivity contribution in [2.45, 2.75) is 26.7 Å². The molecule has 0 bridgehead atoms. The maximum atomic E-state index is 13.7. The minimum atomic E-state index is -0.513. The molecule has 2 aromatic heterocycles. The van der Waals surface area contributed by atoms with Crippen molar-refractivity contribution in [1.29, 1.82) is 0 Å². The van der Waals surface area contributed by atoms with Crippen molar-refractivity contribution in [3.05, 3.63) is 74.6 Å². The highest BCUT2D eigenvalue weighted by Gasteiger charge is 2.23. The highest BCUT2D eigenvalue weighted by molar-refractivity contribution is 6.17. The lowest BCUT2D eigenvalue weighted by atomic mass is 9.99. The van der Waals surface area contributed by atoms with Gasteiger partial charge in [-0.25, -0.2) is 9.78 Å². The van der Waals surface area contributed by atoms with Crippen molar-refractivity contribution in [1.82, 2.24) is 14.1 Å². The van der Waals surface area contributed by atoms with Crippen molar-refractivity contribution >= 4 is 33.4 Å². The first-order valence-corrected chi connectivity index (χ1v) is 10.8. The number of amides is 1. The molecule has 0 aliphatic carbocycles. The second-order valence-electron chi connectivity index (χ2n) is 8.19. The number of fused-ring (bicyclic) bond motifs is 2. The second-order valence-corrected chi connectivity index (χ2v) is 8.19. The molecule has 0 aliphatic heterocycles. The number of nitrogens with zero attached hydrogens (tertiary/aromatic N) is 3. The first-order valence-electron chi connectivity index (χ1n) is 10.8. The average Bonchev–Trinajstić information content (AvgIpc) is 2.80. The molecule has 33 heavy (non-hydrogen) atoms. The summed E-state index contributed by atoms with van der Waals surface area (Å²) in [5, 5.41) is 4.80. The zero-order valence-electron chi connectivity index (χ0n) is 19.3. The minimum Gasteiger partial charge on any atom is -0.493 e. The summed E-state index contributed by atoms with van der Waals surface area (Å²) in [6.07, 6.45) is 1.61. The van der Waals surface area contributed by atoms with Crippen LogP contribution in [0.1, 0.15) is 42.6 Å². The fourth-order valence-corrected chi connectivity index (χ4v) is 4.05. The molecule has 2 aromatic carbocycles. The van der Waals surface area contributed by atoms with Crippen LogP contribution < -0.4 is 21.3 Å². The van der Waals surface area contributed by atoms with Gasteiger partial charge in [0.15, 0.2) is 5.65 Å². The van der Waals surface area contributed by atoms with Crippen molar-refractivity contribution in [3.8, 4) is 5.75 Å². The zero-order valence-corrected chi connectivity index (χ0v) is 19.3. The number of benzene rings is 2. The Morgan fingerprint density at radius 3 is 2.52 bits per heavy atom. The van der Waals surface area contributed by atoms with Crippen LogP contribution in [0.5, 0.6) is 5.75 Å². The van der Waals surface area contributed by atoms with E-state index in [0.29, 0.717) is 29.2 Å². The van der Waals surface area contributed by atoms with E-state index in [9.17, 15) is 14.4 Å². The van der Waals surface area contributed by atoms with Gasteiger partial charge in [-0.05, 0) is 35.2 Å². The zero-order chi connectivity index (χ0) is 23.9. The summed E-state index contributed by atoms with van der Waals surface area (Å²) in [5.41, 5.74) is 0.655. The molecule has 1 N–H and O–H groups in total. The van der Waals surface area contributed by atoms with E-state index in [1.165, 1.54) is 11.6 Å². The molecule has 0 saturated carbocycles. The van der Waals surface area contributed by atoms with E-state index in [1.54, 1.807) is 19.3 Å². The number of hydrogen-bond donors (Lipinski definition) is 1. The van der Waals surface area contributed by atoms with Crippen LogP contribution in [0.25, 0.3) is 21.8 Å². The molecule has 0 saturated heterocycles. The van der Waals surface area contributed by atoms with E-state index in [2.05, 4.69) is 10.3 Å². The third-order valence-corrected chi connectivity index (χ3v) is 5.78. The smallest absolute Gasteiger partial charge is 0.332 e. The minimum absolute atomic E-state index is 0.0296. The first-order chi connectivity index (χ1) is 15.8. The van der Waals surface area contributed by atoms with Crippen LogP contribution in [0.15, 0.2) is 52.2 Å². The number of aromatic nitrogens is 3. The SMILES string of the molecule is CCOc1ccc2ccccc2c1C(=O)Nc1c(C(C)C)cnc2c1c(=O)n(C)c(=O)n2C. The molecule has 0 spiro atoms. The number of carbonyl (C=O) groups excluding carboxylic acids is 1. The van der Waals surface area contributed by atoms with Crippen LogP contribution >= 0.6 is 0 Å². The Balaban J connectivity index is 2.00. The summed E-state index contributed by atoms with van der Waals surface area (Å²) in [6, 6.07) is 11.2. The fraction of sp³-hybridized carbons (Fsp3) is 0.280. The Labute approximate surface area is 190 Å². The van der Waals surface area contributed by atoms with Crippen molar-refractivity contribution in [2.75, 3.05) is 11.9 Å². The number of anilines is 1. The molecular formula is C25H26N4O4. The monoisotopic (exact) mass is 446 g/mol. The molecule has 170 valence electrons. The number of ether oxygens (including phenoxy) is 1. The van der Waals surface area contributed by atoms with Crippen LogP contribution in [0.3, 0.4) is 0 Å². The molecule has 0 aliphatic rings. The highest BCUT2D eigenvalue weighted by atomic mass is 16.5. The Bertz CT molecular complexity index is 1520. The fourth-order valence-electron chi connectivity index (χ4n) is 4.05. The lowest BCUT2D eigenvalue weighted by Gasteiger charge is -2.19. The van der Waals surface area contributed by atoms with Crippen LogP contribution in [0.4, 0.5) is 5.69 Å². The molecular weight excluding hydrogens is 420 g/mol. The number of hydrogen-bond acceptors (Lipinski definition) is 5. The van der Waals surface area contributed by atoms with Crippen LogP contribution in [0.2, 0.25) is 0 Å². The second kappa shape index (κ2) is 8.54. The summed E-state index contributed by atoms with van der Waals surface area (Å²) >= 11 is 0. The van der Waals surface area contributed by atoms with Gasteiger partial charge in [-0.2, -0.15) is 0 Å². The van der Waals surface area contributed by atoms with Crippen molar-refractivity contribution in [3.63, 3.8) is 0 Å². The molecule has 1 amide bonds. The number of carbonyl (C=O) groups is 1. The van der Waals surface area contributed by atoms with E-state index in [0.717, 1.165) is 15.3 Å². The van der Waals surface area contributed by atoms with Gasteiger partial charge in [-0.15, -0.1) is 0 Å². The number of pyridine rings is 1. The van der Waals surface area contributed by atoms with E-state index in [-0.39, 0.29) is 17.0 Å². The van der Waals surface area contributed by atoms with Crippen LogP contribution in [0, 0.1) is 0 Å². The number of nitrogens with one attached hydrogen (secondary N) is 1. The standard InChI is InChI=1S/C25H26N4O4/c1-6-33-18-12-11-15-9-7-8-10-16(15)19(18)23(30)27-21-17(14(2)3)13-26-22-20(21)24(31)29(5)25(32)28(22)4/h7-14H,6H2,1-5H3,(H,26,27,30). The topological polar surface area (TPSA) is 95.2 Å². The summed E-state index contributed by atoms with van der Waals surface area (Å²) in [7, 11) is 2.96. The predicted octanol–water partition coefficient (Wildman–Crippen LogP) is 3.56. The Morgan fingerprint density at radius 1 is 1.09 bits per heavy atom. The van der Waals surface area contributed by atoms with Gasteiger partial charge in [0.05, 0.1) is 17.9 Å². The summed E-state index contributed by atoms with van der Waals surface area (Å²) in [5.74, 6) is 0.0250. The third-order valence-electron chi connectivity index (χ3n) is 5.78. The molecule has 0 atom stereocenters.